The molecule has 0 unspecified atom stereocenters. The number of aryl methyl sites for hydroxylation is 1. The molecule has 1 fully saturated rings. The monoisotopic (exact) mass is 873 g/mol. The Morgan fingerprint density at radius 3 is 2.16 bits per heavy atom. The van der Waals surface area contributed by atoms with Crippen LogP contribution in [-0.2, 0) is 25.9 Å². The quantitative estimate of drug-likeness (QED) is 0.149. The fourth-order valence-electron chi connectivity index (χ4n) is 6.23. The van der Waals surface area contributed by atoms with Crippen molar-refractivity contribution in [1.82, 2.24) is 19.4 Å². The molecular formula is C38H33BrF9N5O4. The van der Waals surface area contributed by atoms with Crippen LogP contribution in [0.25, 0.3) is 10.9 Å². The standard InChI is InChI=1S/C38H32F9N5O4.BrH/c1-22-19-52(14-13-51(22)20-23-3-8-27(9-4-23)55-21-36(39,40)41)35(54)32-15-24-5-10-28(17-31(24)50(32)2)56-33-12-7-26(18-48-33)49-34(53)29-11-6-25(37(42,43)44)16-30(29)38(45,46)47;/h3-12,15-18,22H,13-14,19-21H2,1-2H3,(H,49,53);1H/t22-;/m0./s1. The molecule has 2 amide bonds. The first kappa shape index (κ1) is 42.8. The predicted molar refractivity (Wildman–Crippen MR) is 196 cm³/mol. The Morgan fingerprint density at radius 1 is 0.842 bits per heavy atom. The fourth-order valence-corrected chi connectivity index (χ4v) is 6.23. The number of hydrogen-bond acceptors (Lipinski definition) is 6. The molecule has 9 nitrogen and oxygen atoms in total. The summed E-state index contributed by atoms with van der Waals surface area (Å²) in [4.78, 5) is 34.4. The van der Waals surface area contributed by atoms with Crippen molar-refractivity contribution in [3.05, 3.63) is 113 Å². The van der Waals surface area contributed by atoms with Crippen molar-refractivity contribution in [2.75, 3.05) is 31.6 Å². The number of halogens is 10. The Labute approximate surface area is 329 Å². The molecule has 1 N–H and O–H groups in total. The Hall–Kier alpha value is -5.30. The number of nitrogens with one attached hydrogen (secondary N) is 1. The van der Waals surface area contributed by atoms with Crippen LogP contribution in [0, 0.1) is 0 Å². The summed E-state index contributed by atoms with van der Waals surface area (Å²) in [5.74, 6) is -0.959. The number of hydrogen-bond donors (Lipinski definition) is 1. The molecule has 0 spiro atoms. The average molecular weight is 875 g/mol. The van der Waals surface area contributed by atoms with Gasteiger partial charge in [0.05, 0.1) is 34.1 Å². The van der Waals surface area contributed by atoms with Gasteiger partial charge in [-0.25, -0.2) is 4.98 Å². The second kappa shape index (κ2) is 16.7. The summed E-state index contributed by atoms with van der Waals surface area (Å²) in [6, 6.07) is 16.6. The summed E-state index contributed by atoms with van der Waals surface area (Å²) in [5.41, 5.74) is -2.34. The number of aromatic nitrogens is 2. The number of alkyl halides is 9. The zero-order chi connectivity index (χ0) is 40.6. The molecule has 57 heavy (non-hydrogen) atoms. The summed E-state index contributed by atoms with van der Waals surface area (Å²) >= 11 is 0. The van der Waals surface area contributed by atoms with Crippen molar-refractivity contribution < 1.29 is 58.6 Å². The Bertz CT molecular complexity index is 2220. The smallest absolute Gasteiger partial charge is 0.422 e. The lowest BCUT2D eigenvalue weighted by atomic mass is 10.0. The predicted octanol–water partition coefficient (Wildman–Crippen LogP) is 9.52. The summed E-state index contributed by atoms with van der Waals surface area (Å²) in [6.07, 6.45) is -13.6. The Morgan fingerprint density at radius 2 is 1.54 bits per heavy atom. The van der Waals surface area contributed by atoms with Gasteiger partial charge < -0.3 is 24.3 Å². The number of ether oxygens (including phenoxy) is 2. The van der Waals surface area contributed by atoms with Gasteiger partial charge in [0.1, 0.15) is 17.2 Å². The third-order valence-electron chi connectivity index (χ3n) is 9.11. The Balaban J connectivity index is 0.00000620. The average Bonchev–Trinajstić information content (AvgIpc) is 3.46. The molecule has 5 aromatic rings. The van der Waals surface area contributed by atoms with Crippen LogP contribution in [0.2, 0.25) is 0 Å². The van der Waals surface area contributed by atoms with Crippen LogP contribution in [0.15, 0.2) is 85.1 Å². The molecule has 1 aliphatic rings. The summed E-state index contributed by atoms with van der Waals surface area (Å²) in [5, 5.41) is 2.96. The third kappa shape index (κ3) is 10.4. The first-order valence-corrected chi connectivity index (χ1v) is 16.9. The molecule has 2 aromatic heterocycles. The van der Waals surface area contributed by atoms with Crippen LogP contribution >= 0.6 is 17.0 Å². The highest BCUT2D eigenvalue weighted by Gasteiger charge is 2.39. The molecule has 0 bridgehead atoms. The van der Waals surface area contributed by atoms with E-state index in [9.17, 15) is 49.1 Å². The minimum atomic E-state index is -5.23. The molecule has 0 radical (unpaired) electrons. The molecule has 6 rings (SSSR count). The van der Waals surface area contributed by atoms with Crippen LogP contribution in [0.5, 0.6) is 17.4 Å². The zero-order valence-electron chi connectivity index (χ0n) is 29.9. The van der Waals surface area contributed by atoms with Crippen LogP contribution in [0.1, 0.15) is 44.5 Å². The number of carbonyl (C=O) groups excluding carboxylic acids is 2. The number of fused-ring (bicyclic) bond motifs is 1. The van der Waals surface area contributed by atoms with E-state index in [1.807, 2.05) is 6.92 Å². The SMILES string of the molecule is Br.C[C@H]1CN(C(=O)c2cc3ccc(Oc4ccc(NC(=O)c5ccc(C(F)(F)F)cc5C(F)(F)F)cn4)cc3n2C)CCN1Cc1ccc(OCC(F)(F)F)cc1. The van der Waals surface area contributed by atoms with Gasteiger partial charge in [-0.1, -0.05) is 12.1 Å². The third-order valence-corrected chi connectivity index (χ3v) is 9.11. The molecular weight excluding hydrogens is 841 g/mol. The van der Waals surface area contributed by atoms with Crippen molar-refractivity contribution in [2.24, 2.45) is 7.05 Å². The number of piperazine rings is 1. The number of rotatable bonds is 9. The van der Waals surface area contributed by atoms with Crippen molar-refractivity contribution in [1.29, 1.82) is 0 Å². The number of amides is 2. The van der Waals surface area contributed by atoms with E-state index < -0.39 is 47.7 Å². The largest absolute Gasteiger partial charge is 0.484 e. The van der Waals surface area contributed by atoms with Crippen LogP contribution in [-0.4, -0.2) is 69.6 Å². The lowest BCUT2D eigenvalue weighted by Gasteiger charge is -2.40. The maximum atomic E-state index is 13.7. The molecule has 0 saturated carbocycles. The van der Waals surface area contributed by atoms with Gasteiger partial charge in [-0.15, -0.1) is 17.0 Å². The van der Waals surface area contributed by atoms with E-state index in [0.29, 0.717) is 55.3 Å². The topological polar surface area (TPSA) is 88.9 Å². The molecule has 1 saturated heterocycles. The lowest BCUT2D eigenvalue weighted by Crippen LogP contribution is -2.53. The first-order valence-electron chi connectivity index (χ1n) is 16.9. The van der Waals surface area contributed by atoms with Gasteiger partial charge in [0, 0.05) is 56.8 Å². The van der Waals surface area contributed by atoms with Crippen LogP contribution in [0.4, 0.5) is 45.2 Å². The molecule has 1 atom stereocenters. The van der Waals surface area contributed by atoms with Gasteiger partial charge in [-0.2, -0.15) is 39.5 Å². The fraction of sp³-hybridized carbons (Fsp3) is 0.289. The van der Waals surface area contributed by atoms with E-state index in [1.54, 1.807) is 52.9 Å². The Kier molecular flexibility index (Phi) is 12.5. The van der Waals surface area contributed by atoms with E-state index in [4.69, 9.17) is 9.47 Å². The van der Waals surface area contributed by atoms with Crippen molar-refractivity contribution in [2.45, 2.75) is 38.0 Å². The number of carbonyl (C=O) groups is 2. The van der Waals surface area contributed by atoms with E-state index in [0.717, 1.165) is 17.1 Å². The number of benzene rings is 3. The van der Waals surface area contributed by atoms with Crippen molar-refractivity contribution in [3.8, 4) is 17.4 Å². The van der Waals surface area contributed by atoms with Gasteiger partial charge in [-0.05, 0) is 67.1 Å². The highest BCUT2D eigenvalue weighted by Crippen LogP contribution is 2.38. The minimum absolute atomic E-state index is 0. The number of nitrogens with zero attached hydrogens (tertiary/aromatic N) is 4. The molecule has 0 aliphatic carbocycles. The second-order valence-electron chi connectivity index (χ2n) is 13.1. The highest BCUT2D eigenvalue weighted by atomic mass is 79.9. The van der Waals surface area contributed by atoms with Crippen molar-refractivity contribution in [3.63, 3.8) is 0 Å². The molecule has 3 aromatic carbocycles. The minimum Gasteiger partial charge on any atom is -0.484 e. The number of anilines is 1. The number of pyridine rings is 1. The van der Waals surface area contributed by atoms with Gasteiger partial charge >= 0.3 is 18.5 Å². The van der Waals surface area contributed by atoms with E-state index in [-0.39, 0.29) is 52.3 Å². The van der Waals surface area contributed by atoms with Gasteiger partial charge in [0.2, 0.25) is 5.88 Å². The van der Waals surface area contributed by atoms with Gasteiger partial charge in [-0.3, -0.25) is 14.5 Å². The lowest BCUT2D eigenvalue weighted by molar-refractivity contribution is -0.153. The summed E-state index contributed by atoms with van der Waals surface area (Å²) in [6.45, 7) is 2.62. The normalized spacial score (nSPS) is 15.3. The van der Waals surface area contributed by atoms with E-state index in [1.165, 1.54) is 24.3 Å². The van der Waals surface area contributed by atoms with Crippen LogP contribution < -0.4 is 14.8 Å². The van der Waals surface area contributed by atoms with E-state index in [2.05, 4.69) is 15.2 Å². The molecule has 19 heteroatoms. The van der Waals surface area contributed by atoms with Crippen molar-refractivity contribution >= 4 is 45.4 Å². The molecule has 3 heterocycles. The zero-order valence-corrected chi connectivity index (χ0v) is 31.6. The maximum absolute atomic E-state index is 13.7. The van der Waals surface area contributed by atoms with Gasteiger partial charge in [0.15, 0.2) is 6.61 Å². The molecule has 304 valence electrons. The molecule has 1 aliphatic heterocycles. The summed E-state index contributed by atoms with van der Waals surface area (Å²) in [7, 11) is 1.73. The highest BCUT2D eigenvalue weighted by molar-refractivity contribution is 8.93. The van der Waals surface area contributed by atoms with Crippen LogP contribution in [0.3, 0.4) is 0 Å². The first-order chi connectivity index (χ1) is 26.2. The maximum Gasteiger partial charge on any atom is 0.422 e. The summed E-state index contributed by atoms with van der Waals surface area (Å²) < 4.78 is 129. The van der Waals surface area contributed by atoms with E-state index >= 15 is 0 Å². The second-order valence-corrected chi connectivity index (χ2v) is 13.1. The van der Waals surface area contributed by atoms with Gasteiger partial charge in [0.25, 0.3) is 11.8 Å².